The highest BCUT2D eigenvalue weighted by Gasteiger charge is 2.09. The Balaban J connectivity index is 3.24. The number of nitrogens with one attached hydrogen (secondary N) is 1. The normalized spacial score (nSPS) is 9.53. The lowest BCUT2D eigenvalue weighted by atomic mass is 10.1. The van der Waals surface area contributed by atoms with Gasteiger partial charge in [-0.15, -0.1) is 0 Å². The van der Waals surface area contributed by atoms with Crippen LogP contribution in [0.25, 0.3) is 0 Å². The van der Waals surface area contributed by atoms with Gasteiger partial charge in [0.15, 0.2) is 6.29 Å². The molecule has 0 spiro atoms. The number of carbonyl (C=O) groups is 2. The Morgan fingerprint density at radius 2 is 2.13 bits per heavy atom. The van der Waals surface area contributed by atoms with E-state index in [9.17, 15) is 9.59 Å². The molecule has 0 aromatic heterocycles. The number of aryl methyl sites for hydroxylation is 1. The van der Waals surface area contributed by atoms with E-state index in [-0.39, 0.29) is 5.91 Å². The van der Waals surface area contributed by atoms with Crippen LogP contribution in [0.2, 0.25) is 0 Å². The van der Waals surface area contributed by atoms with Crippen molar-refractivity contribution in [2.24, 2.45) is 0 Å². The van der Waals surface area contributed by atoms with E-state index < -0.39 is 0 Å². The molecule has 1 aromatic carbocycles. The Labute approximate surface area is 88.2 Å². The van der Waals surface area contributed by atoms with E-state index in [1.54, 1.807) is 19.1 Å². The molecule has 0 saturated heterocycles. The van der Waals surface area contributed by atoms with Gasteiger partial charge in [-0.05, 0) is 24.6 Å². The summed E-state index contributed by atoms with van der Waals surface area (Å²) in [6.45, 7) is 3.21. The van der Waals surface area contributed by atoms with Crippen LogP contribution in [0.3, 0.4) is 0 Å². The summed E-state index contributed by atoms with van der Waals surface area (Å²) in [5, 5.41) is 2.62. The van der Waals surface area contributed by atoms with Gasteiger partial charge in [-0.25, -0.2) is 0 Å². The van der Waals surface area contributed by atoms with Gasteiger partial charge in [0.2, 0.25) is 5.91 Å². The minimum Gasteiger partial charge on any atom is -0.497 e. The molecule has 0 atom stereocenters. The first-order valence-corrected chi connectivity index (χ1v) is 4.50. The van der Waals surface area contributed by atoms with Crippen molar-refractivity contribution in [1.82, 2.24) is 0 Å². The number of methoxy groups -OCH3 is 1. The van der Waals surface area contributed by atoms with E-state index in [1.807, 2.05) is 0 Å². The number of hydrogen-bond donors (Lipinski definition) is 1. The molecule has 0 unspecified atom stereocenters. The number of ether oxygens (including phenoxy) is 1. The van der Waals surface area contributed by atoms with E-state index in [2.05, 4.69) is 5.32 Å². The number of amides is 1. The number of rotatable bonds is 3. The van der Waals surface area contributed by atoms with Crippen LogP contribution in [0.15, 0.2) is 12.1 Å². The van der Waals surface area contributed by atoms with Crippen LogP contribution in [-0.4, -0.2) is 19.3 Å². The SMILES string of the molecule is COc1cc(C)c(NC(C)=O)c(C=O)c1. The lowest BCUT2D eigenvalue weighted by Gasteiger charge is -2.11. The summed E-state index contributed by atoms with van der Waals surface area (Å²) in [5.74, 6) is 0.398. The van der Waals surface area contributed by atoms with E-state index in [4.69, 9.17) is 4.74 Å². The number of benzene rings is 1. The maximum absolute atomic E-state index is 10.9. The quantitative estimate of drug-likeness (QED) is 0.768. The summed E-state index contributed by atoms with van der Waals surface area (Å²) in [7, 11) is 1.53. The van der Waals surface area contributed by atoms with Crippen molar-refractivity contribution in [3.8, 4) is 5.75 Å². The number of aldehydes is 1. The summed E-state index contributed by atoms with van der Waals surface area (Å²) in [6.07, 6.45) is 0.695. The molecule has 1 N–H and O–H groups in total. The fourth-order valence-corrected chi connectivity index (χ4v) is 1.34. The molecule has 15 heavy (non-hydrogen) atoms. The monoisotopic (exact) mass is 207 g/mol. The summed E-state index contributed by atoms with van der Waals surface area (Å²) >= 11 is 0. The highest BCUT2D eigenvalue weighted by molar-refractivity contribution is 5.96. The second kappa shape index (κ2) is 4.59. The minimum atomic E-state index is -0.202. The van der Waals surface area contributed by atoms with E-state index in [1.165, 1.54) is 14.0 Å². The second-order valence-electron chi connectivity index (χ2n) is 3.21. The molecule has 80 valence electrons. The van der Waals surface area contributed by atoms with Crippen LogP contribution >= 0.6 is 0 Å². The molecule has 0 saturated carbocycles. The van der Waals surface area contributed by atoms with Gasteiger partial charge in [-0.2, -0.15) is 0 Å². The van der Waals surface area contributed by atoms with Gasteiger partial charge in [0, 0.05) is 12.5 Å². The van der Waals surface area contributed by atoms with Crippen molar-refractivity contribution in [1.29, 1.82) is 0 Å². The highest BCUT2D eigenvalue weighted by Crippen LogP contribution is 2.25. The molecule has 0 aliphatic carbocycles. The van der Waals surface area contributed by atoms with Gasteiger partial charge < -0.3 is 10.1 Å². The summed E-state index contributed by atoms with van der Waals surface area (Å²) in [4.78, 5) is 21.8. The molecular formula is C11H13NO3. The Morgan fingerprint density at radius 3 is 2.60 bits per heavy atom. The zero-order valence-electron chi connectivity index (χ0n) is 8.96. The molecule has 0 aliphatic heterocycles. The van der Waals surface area contributed by atoms with Crippen LogP contribution in [-0.2, 0) is 4.79 Å². The zero-order chi connectivity index (χ0) is 11.4. The average Bonchev–Trinajstić information content (AvgIpc) is 2.20. The Bertz CT molecular complexity index is 399. The van der Waals surface area contributed by atoms with Crippen molar-refractivity contribution < 1.29 is 14.3 Å². The molecule has 0 heterocycles. The summed E-state index contributed by atoms with van der Waals surface area (Å²) in [6, 6.07) is 3.35. The Kier molecular flexibility index (Phi) is 3.44. The molecule has 0 fully saturated rings. The smallest absolute Gasteiger partial charge is 0.221 e. The number of hydrogen-bond acceptors (Lipinski definition) is 3. The van der Waals surface area contributed by atoms with E-state index in [0.29, 0.717) is 23.3 Å². The Hall–Kier alpha value is -1.84. The zero-order valence-corrected chi connectivity index (χ0v) is 8.96. The predicted octanol–water partition coefficient (Wildman–Crippen LogP) is 1.77. The molecule has 0 radical (unpaired) electrons. The summed E-state index contributed by atoms with van der Waals surface area (Å²) in [5.41, 5.74) is 1.76. The third-order valence-electron chi connectivity index (χ3n) is 2.00. The molecule has 4 nitrogen and oxygen atoms in total. The van der Waals surface area contributed by atoms with Crippen LogP contribution in [0.5, 0.6) is 5.75 Å². The van der Waals surface area contributed by atoms with E-state index in [0.717, 1.165) is 5.56 Å². The van der Waals surface area contributed by atoms with Gasteiger partial charge in [0.05, 0.1) is 12.8 Å². The molecule has 1 aromatic rings. The lowest BCUT2D eigenvalue weighted by molar-refractivity contribution is -0.114. The van der Waals surface area contributed by atoms with E-state index >= 15 is 0 Å². The summed E-state index contributed by atoms with van der Waals surface area (Å²) < 4.78 is 5.03. The fraction of sp³-hybridized carbons (Fsp3) is 0.273. The molecule has 4 heteroatoms. The van der Waals surface area contributed by atoms with Crippen LogP contribution < -0.4 is 10.1 Å². The molecule has 0 aliphatic rings. The largest absolute Gasteiger partial charge is 0.497 e. The van der Waals surface area contributed by atoms with Gasteiger partial charge in [-0.1, -0.05) is 0 Å². The molecular weight excluding hydrogens is 194 g/mol. The van der Waals surface area contributed by atoms with Crippen LogP contribution in [0, 0.1) is 6.92 Å². The van der Waals surface area contributed by atoms with Gasteiger partial charge >= 0.3 is 0 Å². The first-order valence-electron chi connectivity index (χ1n) is 4.50. The first kappa shape index (κ1) is 11.2. The molecule has 0 bridgehead atoms. The van der Waals surface area contributed by atoms with Crippen molar-refractivity contribution in [3.05, 3.63) is 23.3 Å². The maximum Gasteiger partial charge on any atom is 0.221 e. The molecule has 1 rings (SSSR count). The van der Waals surface area contributed by atoms with Gasteiger partial charge in [0.25, 0.3) is 0 Å². The van der Waals surface area contributed by atoms with Crippen LogP contribution in [0.4, 0.5) is 5.69 Å². The Morgan fingerprint density at radius 1 is 1.47 bits per heavy atom. The lowest BCUT2D eigenvalue weighted by Crippen LogP contribution is -2.09. The highest BCUT2D eigenvalue weighted by atomic mass is 16.5. The standard InChI is InChI=1S/C11H13NO3/c1-7-4-10(15-3)5-9(6-13)11(7)12-8(2)14/h4-6H,1-3H3,(H,12,14). The van der Waals surface area contributed by atoms with Crippen molar-refractivity contribution in [3.63, 3.8) is 0 Å². The molecule has 1 amide bonds. The first-order chi connectivity index (χ1) is 7.08. The second-order valence-corrected chi connectivity index (χ2v) is 3.21. The van der Waals surface area contributed by atoms with Crippen LogP contribution in [0.1, 0.15) is 22.8 Å². The van der Waals surface area contributed by atoms with Gasteiger partial charge in [-0.3, -0.25) is 9.59 Å². The van der Waals surface area contributed by atoms with Gasteiger partial charge in [0.1, 0.15) is 5.75 Å². The average molecular weight is 207 g/mol. The maximum atomic E-state index is 10.9. The number of carbonyl (C=O) groups excluding carboxylic acids is 2. The third-order valence-corrected chi connectivity index (χ3v) is 2.00. The number of anilines is 1. The third kappa shape index (κ3) is 2.56. The predicted molar refractivity (Wildman–Crippen MR) is 57.4 cm³/mol. The van der Waals surface area contributed by atoms with Crippen molar-refractivity contribution in [2.75, 3.05) is 12.4 Å². The minimum absolute atomic E-state index is 0.202. The van der Waals surface area contributed by atoms with Crippen molar-refractivity contribution in [2.45, 2.75) is 13.8 Å². The van der Waals surface area contributed by atoms with Crippen molar-refractivity contribution >= 4 is 17.9 Å². The topological polar surface area (TPSA) is 55.4 Å². The fourth-order valence-electron chi connectivity index (χ4n) is 1.34.